The van der Waals surface area contributed by atoms with Gasteiger partial charge in [0.05, 0.1) is 6.33 Å². The summed E-state index contributed by atoms with van der Waals surface area (Å²) in [5.74, 6) is -0.846. The molecule has 4 N–H and O–H groups in total. The van der Waals surface area contributed by atoms with Gasteiger partial charge in [0.25, 0.3) is 11.8 Å². The molecule has 1 aromatic heterocycles. The van der Waals surface area contributed by atoms with Crippen molar-refractivity contribution < 1.29 is 14.4 Å². The molecule has 1 unspecified atom stereocenters. The summed E-state index contributed by atoms with van der Waals surface area (Å²) in [6.45, 7) is 3.41. The van der Waals surface area contributed by atoms with Gasteiger partial charge in [0.2, 0.25) is 5.91 Å². The zero-order chi connectivity index (χ0) is 27.4. The van der Waals surface area contributed by atoms with Crippen molar-refractivity contribution in [1.29, 1.82) is 0 Å². The first-order chi connectivity index (χ1) is 18.6. The van der Waals surface area contributed by atoms with Gasteiger partial charge in [-0.25, -0.2) is 9.98 Å². The molecule has 38 heavy (non-hydrogen) atoms. The molecule has 1 aromatic rings. The topological polar surface area (TPSA) is 134 Å². The summed E-state index contributed by atoms with van der Waals surface area (Å²) in [5.41, 5.74) is 6.27. The van der Waals surface area contributed by atoms with Crippen molar-refractivity contribution in [2.24, 2.45) is 10.7 Å². The lowest BCUT2D eigenvalue weighted by atomic mass is 10.0. The lowest BCUT2D eigenvalue weighted by Gasteiger charge is -2.22. The Bertz CT molecular complexity index is 839. The van der Waals surface area contributed by atoms with Crippen LogP contribution in [0.3, 0.4) is 0 Å². The Kier molecular flexibility index (Phi) is 16.3. The minimum Gasteiger partial charge on any atom is -0.350 e. The third-order valence-corrected chi connectivity index (χ3v) is 7.20. The maximum atomic E-state index is 13.1. The van der Waals surface area contributed by atoms with E-state index in [1.54, 1.807) is 11.1 Å². The Hall–Kier alpha value is -2.55. The number of nitrogens with zero attached hydrogens (tertiary/aromatic N) is 3. The van der Waals surface area contributed by atoms with E-state index in [9.17, 15) is 14.4 Å². The molecule has 2 heterocycles. The highest BCUT2D eigenvalue weighted by Crippen LogP contribution is 2.21. The van der Waals surface area contributed by atoms with Crippen molar-refractivity contribution in [3.05, 3.63) is 18.2 Å². The lowest BCUT2D eigenvalue weighted by Crippen LogP contribution is -2.41. The molecule has 1 aliphatic heterocycles. The van der Waals surface area contributed by atoms with E-state index >= 15 is 0 Å². The molecule has 214 valence electrons. The molecule has 1 fully saturated rings. The number of hydrogen-bond donors (Lipinski definition) is 3. The van der Waals surface area contributed by atoms with Gasteiger partial charge in [0.15, 0.2) is 0 Å². The number of hydrogen-bond acceptors (Lipinski definition) is 5. The van der Waals surface area contributed by atoms with Gasteiger partial charge in [-0.05, 0) is 19.3 Å². The minimum atomic E-state index is -0.594. The summed E-state index contributed by atoms with van der Waals surface area (Å²) in [6.07, 6.45) is 21.5. The van der Waals surface area contributed by atoms with Gasteiger partial charge < -0.3 is 20.9 Å². The number of nitrogens with two attached hydrogens (primary N) is 1. The Balaban J connectivity index is 1.71. The van der Waals surface area contributed by atoms with Crippen molar-refractivity contribution >= 4 is 23.4 Å². The summed E-state index contributed by atoms with van der Waals surface area (Å²) in [7, 11) is 0. The number of aliphatic imine (C=N–C) groups is 1. The van der Waals surface area contributed by atoms with Crippen molar-refractivity contribution in [1.82, 2.24) is 20.2 Å². The fourth-order valence-corrected chi connectivity index (χ4v) is 4.99. The number of carbonyl (C=O) groups is 3. The van der Waals surface area contributed by atoms with Crippen LogP contribution in [-0.4, -0.2) is 64.0 Å². The van der Waals surface area contributed by atoms with Gasteiger partial charge in [0.1, 0.15) is 11.8 Å². The average Bonchev–Trinajstić information content (AvgIpc) is 3.62. The predicted molar refractivity (Wildman–Crippen MR) is 152 cm³/mol. The second-order valence-electron chi connectivity index (χ2n) is 10.4. The Morgan fingerprint density at radius 1 is 1.03 bits per heavy atom. The molecule has 1 aliphatic rings. The average molecular weight is 531 g/mol. The molecule has 0 radical (unpaired) electrons. The van der Waals surface area contributed by atoms with E-state index in [4.69, 9.17) is 5.73 Å². The van der Waals surface area contributed by atoms with Gasteiger partial charge in [-0.1, -0.05) is 84.0 Å². The first-order valence-corrected chi connectivity index (χ1v) is 14.9. The third-order valence-electron chi connectivity index (χ3n) is 7.20. The summed E-state index contributed by atoms with van der Waals surface area (Å²) >= 11 is 0. The van der Waals surface area contributed by atoms with Crippen LogP contribution in [0.5, 0.6) is 0 Å². The van der Waals surface area contributed by atoms with Crippen molar-refractivity contribution in [3.63, 3.8) is 0 Å². The molecule has 0 aromatic carbocycles. The van der Waals surface area contributed by atoms with E-state index in [1.807, 2.05) is 0 Å². The zero-order valence-corrected chi connectivity index (χ0v) is 23.5. The summed E-state index contributed by atoms with van der Waals surface area (Å²) in [6, 6.07) is -0.594. The molecule has 9 heteroatoms. The zero-order valence-electron chi connectivity index (χ0n) is 23.5. The molecule has 1 atom stereocenters. The number of imidazole rings is 1. The van der Waals surface area contributed by atoms with E-state index in [-0.39, 0.29) is 18.0 Å². The number of H-pyrrole nitrogens is 1. The summed E-state index contributed by atoms with van der Waals surface area (Å²) < 4.78 is 0. The third kappa shape index (κ3) is 12.3. The molecule has 0 saturated carbocycles. The van der Waals surface area contributed by atoms with Gasteiger partial charge >= 0.3 is 0 Å². The second-order valence-corrected chi connectivity index (χ2v) is 10.4. The lowest BCUT2D eigenvalue weighted by molar-refractivity contribution is -0.137. The van der Waals surface area contributed by atoms with Crippen LogP contribution in [0, 0.1) is 0 Å². The fraction of sp³-hybridized carbons (Fsp3) is 0.759. The summed E-state index contributed by atoms with van der Waals surface area (Å²) in [4.78, 5) is 51.3. The molecule has 0 aliphatic carbocycles. The van der Waals surface area contributed by atoms with Crippen molar-refractivity contribution in [2.75, 3.05) is 19.6 Å². The Morgan fingerprint density at radius 3 is 2.24 bits per heavy atom. The number of rotatable bonds is 20. The number of carbonyl (C=O) groups excluding carboxylic acids is 3. The Labute approximate surface area is 228 Å². The molecule has 2 rings (SSSR count). The van der Waals surface area contributed by atoms with Crippen LogP contribution < -0.4 is 11.1 Å². The van der Waals surface area contributed by atoms with E-state index in [0.29, 0.717) is 38.2 Å². The molecular formula is C29H50N6O3. The highest BCUT2D eigenvalue weighted by molar-refractivity contribution is 6.40. The van der Waals surface area contributed by atoms with Gasteiger partial charge in [-0.3, -0.25) is 14.4 Å². The number of aromatic amines is 1. The van der Waals surface area contributed by atoms with E-state index in [1.165, 1.54) is 70.5 Å². The second kappa shape index (κ2) is 19.5. The fourth-order valence-electron chi connectivity index (χ4n) is 4.99. The quantitative estimate of drug-likeness (QED) is 0.169. The van der Waals surface area contributed by atoms with Gasteiger partial charge in [-0.2, -0.15) is 0 Å². The van der Waals surface area contributed by atoms with Crippen molar-refractivity contribution in [2.45, 2.75) is 122 Å². The van der Waals surface area contributed by atoms with Crippen LogP contribution in [0.1, 0.15) is 115 Å². The van der Waals surface area contributed by atoms with Crippen LogP contribution in [0.15, 0.2) is 17.5 Å². The maximum Gasteiger partial charge on any atom is 0.268 e. The SMILES string of the molecule is CCCCCCCCCCCCCCCC(=O)N1CCCC1C(=O)N=C(Cc1cnc[nH]1)C(=O)NCCN. The normalized spacial score (nSPS) is 15.7. The van der Waals surface area contributed by atoms with Crippen LogP contribution in [0.2, 0.25) is 0 Å². The molecule has 0 spiro atoms. The van der Waals surface area contributed by atoms with E-state index < -0.39 is 17.9 Å². The number of amides is 3. The minimum absolute atomic E-state index is 0.0156. The maximum absolute atomic E-state index is 13.1. The predicted octanol–water partition coefficient (Wildman–Crippen LogP) is 4.47. The Morgan fingerprint density at radius 2 is 1.66 bits per heavy atom. The summed E-state index contributed by atoms with van der Waals surface area (Å²) in [5, 5.41) is 2.68. The molecule has 3 amide bonds. The molecule has 0 bridgehead atoms. The van der Waals surface area contributed by atoms with E-state index in [2.05, 4.69) is 27.2 Å². The van der Waals surface area contributed by atoms with Crippen molar-refractivity contribution in [3.8, 4) is 0 Å². The first-order valence-electron chi connectivity index (χ1n) is 14.9. The van der Waals surface area contributed by atoms with Crippen LogP contribution >= 0.6 is 0 Å². The number of likely N-dealkylation sites (tertiary alicyclic amines) is 1. The standard InChI is InChI=1S/C29H50N6O3/c1-2-3-4-5-6-7-8-9-10-11-12-13-14-17-27(36)35-20-15-16-26(35)29(38)34-25(28(37)32-19-18-30)21-24-22-31-23-33-24/h22-23,26H,2-21,30H2,1H3,(H,31,33)(H,32,37). The number of aromatic nitrogens is 2. The van der Waals surface area contributed by atoms with Gasteiger partial charge in [0, 0.05) is 44.4 Å². The van der Waals surface area contributed by atoms with Crippen LogP contribution in [-0.2, 0) is 20.8 Å². The van der Waals surface area contributed by atoms with Crippen LogP contribution in [0.4, 0.5) is 0 Å². The number of unbranched alkanes of at least 4 members (excludes halogenated alkanes) is 12. The van der Waals surface area contributed by atoms with Crippen LogP contribution in [0.25, 0.3) is 0 Å². The number of nitrogens with one attached hydrogen (secondary N) is 2. The monoisotopic (exact) mass is 530 g/mol. The molecule has 1 saturated heterocycles. The highest BCUT2D eigenvalue weighted by atomic mass is 16.2. The largest absolute Gasteiger partial charge is 0.350 e. The first kappa shape index (κ1) is 31.7. The van der Waals surface area contributed by atoms with E-state index in [0.717, 1.165) is 25.7 Å². The highest BCUT2D eigenvalue weighted by Gasteiger charge is 2.34. The molecular weight excluding hydrogens is 480 g/mol. The smallest absolute Gasteiger partial charge is 0.268 e. The van der Waals surface area contributed by atoms with Gasteiger partial charge in [-0.15, -0.1) is 0 Å². The molecule has 9 nitrogen and oxygen atoms in total.